The predicted molar refractivity (Wildman–Crippen MR) is 71.8 cm³/mol. The quantitative estimate of drug-likeness (QED) is 0.820. The van der Waals surface area contributed by atoms with Gasteiger partial charge in [0.15, 0.2) is 0 Å². The van der Waals surface area contributed by atoms with Crippen molar-refractivity contribution in [1.29, 1.82) is 0 Å². The number of aromatic nitrogens is 2. The van der Waals surface area contributed by atoms with Crippen LogP contribution in [0.25, 0.3) is 0 Å². The maximum absolute atomic E-state index is 12.1. The van der Waals surface area contributed by atoms with Gasteiger partial charge in [0.2, 0.25) is 0 Å². The Morgan fingerprint density at radius 1 is 1.45 bits per heavy atom. The fourth-order valence-corrected chi connectivity index (χ4v) is 2.00. The van der Waals surface area contributed by atoms with Crippen molar-refractivity contribution in [2.24, 2.45) is 0 Å². The van der Waals surface area contributed by atoms with E-state index in [4.69, 9.17) is 11.6 Å². The van der Waals surface area contributed by atoms with E-state index < -0.39 is 6.61 Å². The lowest BCUT2D eigenvalue weighted by molar-refractivity contribution is -0.0499. The minimum atomic E-state index is -2.81. The lowest BCUT2D eigenvalue weighted by Gasteiger charge is -2.17. The van der Waals surface area contributed by atoms with Gasteiger partial charge in [-0.15, -0.1) is 0 Å². The first-order chi connectivity index (χ1) is 9.52. The number of benzene rings is 1. The van der Waals surface area contributed by atoms with Crippen LogP contribution in [0.2, 0.25) is 5.02 Å². The Kier molecular flexibility index (Phi) is 4.92. The van der Waals surface area contributed by atoms with Gasteiger partial charge in [-0.1, -0.05) is 23.7 Å². The van der Waals surface area contributed by atoms with Crippen molar-refractivity contribution in [2.45, 2.75) is 19.8 Å². The summed E-state index contributed by atoms with van der Waals surface area (Å²) in [5, 5.41) is 4.65. The number of rotatable bonds is 6. The summed E-state index contributed by atoms with van der Waals surface area (Å²) in [5.74, 6) is 0.160. The lowest BCUT2D eigenvalue weighted by Crippen LogP contribution is -2.21. The van der Waals surface area contributed by atoms with Gasteiger partial charge in [0, 0.05) is 12.7 Å². The molecule has 0 aliphatic carbocycles. The van der Waals surface area contributed by atoms with E-state index in [0.717, 1.165) is 5.56 Å². The van der Waals surface area contributed by atoms with Crippen LogP contribution in [0, 0.1) is 0 Å². The maximum Gasteiger partial charge on any atom is 0.387 e. The molecular formula is C13H14ClF2N3O. The van der Waals surface area contributed by atoms with Crippen LogP contribution < -0.4 is 4.74 Å². The third-order valence-corrected chi connectivity index (χ3v) is 2.76. The first kappa shape index (κ1) is 14.7. The second-order valence-corrected chi connectivity index (χ2v) is 4.82. The summed E-state index contributed by atoms with van der Waals surface area (Å²) >= 11 is 5.78. The first-order valence-corrected chi connectivity index (χ1v) is 6.31. The highest BCUT2D eigenvalue weighted by Gasteiger charge is 2.07. The molecule has 0 fully saturated rings. The molecule has 0 amide bonds. The molecule has 0 spiro atoms. The molecule has 0 saturated carbocycles. The molecule has 0 atom stereocenters. The van der Waals surface area contributed by atoms with Gasteiger partial charge >= 0.3 is 6.61 Å². The molecule has 0 N–H and O–H groups in total. The fourth-order valence-electron chi connectivity index (χ4n) is 1.84. The molecular weight excluding hydrogens is 288 g/mol. The molecule has 2 aromatic rings. The second-order valence-electron chi connectivity index (χ2n) is 4.38. The van der Waals surface area contributed by atoms with Crippen LogP contribution in [0.1, 0.15) is 5.56 Å². The Balaban J connectivity index is 1.95. The van der Waals surface area contributed by atoms with Gasteiger partial charge in [-0.05, 0) is 24.7 Å². The third kappa shape index (κ3) is 4.47. The Hall–Kier alpha value is -1.66. The van der Waals surface area contributed by atoms with Crippen molar-refractivity contribution in [2.75, 3.05) is 7.05 Å². The fraction of sp³-hybridized carbons (Fsp3) is 0.308. The molecule has 0 aliphatic heterocycles. The highest BCUT2D eigenvalue weighted by atomic mass is 35.5. The highest BCUT2D eigenvalue weighted by Crippen LogP contribution is 2.17. The van der Waals surface area contributed by atoms with Crippen LogP contribution in [0.4, 0.5) is 8.78 Å². The summed E-state index contributed by atoms with van der Waals surface area (Å²) in [5.41, 5.74) is 0.879. The van der Waals surface area contributed by atoms with E-state index in [9.17, 15) is 8.78 Å². The number of alkyl halides is 2. The van der Waals surface area contributed by atoms with Crippen molar-refractivity contribution < 1.29 is 13.5 Å². The Bertz CT molecular complexity index is 562. The SMILES string of the molecule is CN(Cc1cccc(OC(F)F)c1)Cn1cc(Cl)cn1. The van der Waals surface area contributed by atoms with E-state index in [-0.39, 0.29) is 5.75 Å². The van der Waals surface area contributed by atoms with Crippen molar-refractivity contribution in [3.8, 4) is 5.75 Å². The number of hydrogen-bond acceptors (Lipinski definition) is 3. The molecule has 2 rings (SSSR count). The summed E-state index contributed by atoms with van der Waals surface area (Å²) in [7, 11) is 1.90. The zero-order valence-electron chi connectivity index (χ0n) is 10.8. The van der Waals surface area contributed by atoms with Crippen LogP contribution in [0.3, 0.4) is 0 Å². The monoisotopic (exact) mass is 301 g/mol. The Morgan fingerprint density at radius 2 is 2.25 bits per heavy atom. The average molecular weight is 302 g/mol. The van der Waals surface area contributed by atoms with Gasteiger partial charge in [-0.3, -0.25) is 9.58 Å². The number of ether oxygens (including phenoxy) is 1. The van der Waals surface area contributed by atoms with Gasteiger partial charge in [0.05, 0.1) is 17.9 Å². The first-order valence-electron chi connectivity index (χ1n) is 5.93. The minimum Gasteiger partial charge on any atom is -0.435 e. The van der Waals surface area contributed by atoms with Gasteiger partial charge in [-0.2, -0.15) is 13.9 Å². The molecule has 108 valence electrons. The summed E-state index contributed by atoms with van der Waals surface area (Å²) in [6, 6.07) is 6.64. The van der Waals surface area contributed by atoms with Crippen molar-refractivity contribution in [1.82, 2.24) is 14.7 Å². The van der Waals surface area contributed by atoms with Crippen LogP contribution in [0.15, 0.2) is 36.7 Å². The van der Waals surface area contributed by atoms with Crippen molar-refractivity contribution >= 4 is 11.6 Å². The molecule has 4 nitrogen and oxygen atoms in total. The number of nitrogens with zero attached hydrogens (tertiary/aromatic N) is 3. The predicted octanol–water partition coefficient (Wildman–Crippen LogP) is 3.23. The molecule has 0 bridgehead atoms. The molecule has 0 aliphatic rings. The molecule has 1 aromatic heterocycles. The standard InChI is InChI=1S/C13H14ClF2N3O/c1-18(9-19-8-11(14)6-17-19)7-10-3-2-4-12(5-10)20-13(15)16/h2-6,8,13H,7,9H2,1H3. The Morgan fingerprint density at radius 3 is 2.90 bits per heavy atom. The Labute approximate surface area is 120 Å². The van der Waals surface area contributed by atoms with Crippen LogP contribution >= 0.6 is 11.6 Å². The van der Waals surface area contributed by atoms with E-state index in [2.05, 4.69) is 9.84 Å². The largest absolute Gasteiger partial charge is 0.435 e. The van der Waals surface area contributed by atoms with E-state index in [0.29, 0.717) is 18.2 Å². The van der Waals surface area contributed by atoms with E-state index in [1.54, 1.807) is 29.2 Å². The van der Waals surface area contributed by atoms with Crippen LogP contribution in [-0.2, 0) is 13.2 Å². The summed E-state index contributed by atoms with van der Waals surface area (Å²) in [4.78, 5) is 1.98. The highest BCUT2D eigenvalue weighted by molar-refractivity contribution is 6.30. The summed E-state index contributed by atoms with van der Waals surface area (Å²) < 4.78 is 30.4. The van der Waals surface area contributed by atoms with Gasteiger partial charge in [0.1, 0.15) is 5.75 Å². The number of halogens is 3. The van der Waals surface area contributed by atoms with E-state index in [1.165, 1.54) is 6.07 Å². The van der Waals surface area contributed by atoms with Crippen LogP contribution in [-0.4, -0.2) is 28.3 Å². The van der Waals surface area contributed by atoms with E-state index >= 15 is 0 Å². The molecule has 20 heavy (non-hydrogen) atoms. The zero-order chi connectivity index (χ0) is 14.5. The summed E-state index contributed by atoms with van der Waals surface area (Å²) in [6.07, 6.45) is 3.28. The van der Waals surface area contributed by atoms with Gasteiger partial charge in [-0.25, -0.2) is 0 Å². The molecule has 1 aromatic carbocycles. The number of hydrogen-bond donors (Lipinski definition) is 0. The molecule has 0 saturated heterocycles. The van der Waals surface area contributed by atoms with Crippen molar-refractivity contribution in [3.05, 3.63) is 47.2 Å². The smallest absolute Gasteiger partial charge is 0.387 e. The minimum absolute atomic E-state index is 0.160. The molecule has 7 heteroatoms. The second kappa shape index (κ2) is 6.67. The van der Waals surface area contributed by atoms with Gasteiger partial charge in [0.25, 0.3) is 0 Å². The molecule has 0 radical (unpaired) electrons. The van der Waals surface area contributed by atoms with Crippen molar-refractivity contribution in [3.63, 3.8) is 0 Å². The summed E-state index contributed by atoms with van der Waals surface area (Å²) in [6.45, 7) is -1.68. The third-order valence-electron chi connectivity index (χ3n) is 2.56. The zero-order valence-corrected chi connectivity index (χ0v) is 11.6. The average Bonchev–Trinajstić information content (AvgIpc) is 2.74. The van der Waals surface area contributed by atoms with Gasteiger partial charge < -0.3 is 4.74 Å². The topological polar surface area (TPSA) is 30.3 Å². The normalized spacial score (nSPS) is 11.3. The molecule has 0 unspecified atom stereocenters. The maximum atomic E-state index is 12.1. The van der Waals surface area contributed by atoms with E-state index in [1.807, 2.05) is 18.0 Å². The van der Waals surface area contributed by atoms with Crippen LogP contribution in [0.5, 0.6) is 5.75 Å². The molecule has 1 heterocycles. The lowest BCUT2D eigenvalue weighted by atomic mass is 10.2.